The topological polar surface area (TPSA) is 98.3 Å². The largest absolute Gasteiger partial charge is 1.00 e. The zero-order valence-corrected chi connectivity index (χ0v) is 15.7. The van der Waals surface area contributed by atoms with Gasteiger partial charge >= 0.3 is 54.3 Å². The SMILES string of the molecule is O=C([O-])C(CCCCNC(=O)C(F)(F)C(F)F)NC(=O)C(F)(F)C(F)F.[Na+]. The molecule has 0 aliphatic carbocycles. The molecule has 1 atom stereocenters. The number of carbonyl (C=O) groups is 3. The predicted molar refractivity (Wildman–Crippen MR) is 65.7 cm³/mol. The number of halogens is 8. The Balaban J connectivity index is 0. The quantitative estimate of drug-likeness (QED) is 0.215. The Bertz CT molecular complexity index is 522. The average molecular weight is 424 g/mol. The third-order valence-electron chi connectivity index (χ3n) is 2.95. The van der Waals surface area contributed by atoms with Gasteiger partial charge in [-0.3, -0.25) is 9.59 Å². The number of carbonyl (C=O) groups excluding carboxylic acids is 3. The minimum atomic E-state index is -5.14. The van der Waals surface area contributed by atoms with Crippen LogP contribution in [0.5, 0.6) is 0 Å². The number of alkyl halides is 8. The van der Waals surface area contributed by atoms with E-state index in [9.17, 15) is 54.6 Å². The fourth-order valence-corrected chi connectivity index (χ4v) is 1.49. The number of nitrogens with one attached hydrogen (secondary N) is 2. The maximum Gasteiger partial charge on any atom is 1.00 e. The van der Waals surface area contributed by atoms with Crippen LogP contribution >= 0.6 is 0 Å². The summed E-state index contributed by atoms with van der Waals surface area (Å²) in [5.41, 5.74) is 0. The molecule has 0 aliphatic heterocycles. The van der Waals surface area contributed by atoms with Gasteiger partial charge in [-0.25, -0.2) is 17.6 Å². The van der Waals surface area contributed by atoms with Gasteiger partial charge in [0.05, 0.1) is 12.0 Å². The molecular weight excluding hydrogens is 411 g/mol. The van der Waals surface area contributed by atoms with E-state index in [1.807, 2.05) is 0 Å². The summed E-state index contributed by atoms with van der Waals surface area (Å²) in [4.78, 5) is 32.4. The third kappa shape index (κ3) is 8.60. The summed E-state index contributed by atoms with van der Waals surface area (Å²) in [7, 11) is 0. The molecule has 1 unspecified atom stereocenters. The van der Waals surface area contributed by atoms with Crippen LogP contribution < -0.4 is 45.3 Å². The molecule has 0 radical (unpaired) electrons. The van der Waals surface area contributed by atoms with Crippen LogP contribution in [-0.2, 0) is 14.4 Å². The fraction of sp³-hybridized carbons (Fsp3) is 0.750. The van der Waals surface area contributed by atoms with Gasteiger partial charge in [0.15, 0.2) is 0 Å². The molecule has 0 fully saturated rings. The van der Waals surface area contributed by atoms with Crippen LogP contribution in [0.1, 0.15) is 19.3 Å². The Morgan fingerprint density at radius 2 is 1.30 bits per heavy atom. The van der Waals surface area contributed by atoms with Gasteiger partial charge in [0.2, 0.25) is 0 Å². The number of hydrogen-bond acceptors (Lipinski definition) is 4. The smallest absolute Gasteiger partial charge is 0.548 e. The van der Waals surface area contributed by atoms with Crippen LogP contribution in [0.15, 0.2) is 0 Å². The van der Waals surface area contributed by atoms with E-state index in [2.05, 4.69) is 0 Å². The fourth-order valence-electron chi connectivity index (χ4n) is 1.49. The number of amides is 2. The number of rotatable bonds is 11. The zero-order chi connectivity index (χ0) is 20.7. The number of aliphatic carboxylic acids is 1. The third-order valence-corrected chi connectivity index (χ3v) is 2.95. The molecule has 152 valence electrons. The molecule has 0 spiro atoms. The second-order valence-corrected chi connectivity index (χ2v) is 4.94. The minimum Gasteiger partial charge on any atom is -0.548 e. The van der Waals surface area contributed by atoms with Crippen molar-refractivity contribution in [3.05, 3.63) is 0 Å². The Kier molecular flexibility index (Phi) is 12.1. The molecule has 0 bridgehead atoms. The maximum atomic E-state index is 12.7. The second kappa shape index (κ2) is 11.6. The first-order valence-electron chi connectivity index (χ1n) is 6.86. The van der Waals surface area contributed by atoms with E-state index in [0.29, 0.717) is 0 Å². The molecule has 6 nitrogen and oxygen atoms in total. The van der Waals surface area contributed by atoms with Crippen LogP contribution in [0.3, 0.4) is 0 Å². The van der Waals surface area contributed by atoms with Gasteiger partial charge in [-0.05, 0) is 19.3 Å². The Morgan fingerprint density at radius 1 is 0.852 bits per heavy atom. The summed E-state index contributed by atoms with van der Waals surface area (Å²) in [6.45, 7) is -0.595. The second-order valence-electron chi connectivity index (χ2n) is 4.94. The summed E-state index contributed by atoms with van der Waals surface area (Å²) in [5, 5.41) is 13.3. The molecular formula is C12H13F8N2NaO4. The number of carboxylic acid groups (broad SMARTS) is 1. The van der Waals surface area contributed by atoms with Gasteiger partial charge in [-0.2, -0.15) is 17.6 Å². The van der Waals surface area contributed by atoms with Crippen molar-refractivity contribution in [3.8, 4) is 0 Å². The van der Waals surface area contributed by atoms with Gasteiger partial charge in [-0.1, -0.05) is 0 Å². The number of carboxylic acids is 1. The molecule has 0 aromatic rings. The molecule has 0 saturated carbocycles. The average Bonchev–Trinajstić information content (AvgIpc) is 2.52. The normalized spacial score (nSPS) is 13.1. The molecule has 0 heterocycles. The van der Waals surface area contributed by atoms with Crippen molar-refractivity contribution in [2.75, 3.05) is 6.54 Å². The molecule has 0 aliphatic rings. The first-order chi connectivity index (χ1) is 11.7. The first-order valence-corrected chi connectivity index (χ1v) is 6.86. The Morgan fingerprint density at radius 3 is 1.70 bits per heavy atom. The van der Waals surface area contributed by atoms with Crippen molar-refractivity contribution in [3.63, 3.8) is 0 Å². The standard InChI is InChI=1S/C12H14F8N2O4.Na/c13-7(14)11(17,18)9(25)21-4-2-1-3-5(6(23)24)22-10(26)12(19,20)8(15)16;/h5,7-8H,1-4H2,(H,21,25)(H,22,26)(H,23,24);/q;+1/p-1. The van der Waals surface area contributed by atoms with Crippen molar-refractivity contribution < 1.29 is 84.2 Å². The maximum absolute atomic E-state index is 12.7. The molecule has 0 saturated heterocycles. The van der Waals surface area contributed by atoms with E-state index < -0.39 is 61.5 Å². The summed E-state index contributed by atoms with van der Waals surface area (Å²) < 4.78 is 98.3. The predicted octanol–water partition coefficient (Wildman–Crippen LogP) is -2.69. The van der Waals surface area contributed by atoms with Crippen LogP contribution in [0, 0.1) is 0 Å². The summed E-state index contributed by atoms with van der Waals surface area (Å²) in [6.07, 6.45) is -9.81. The van der Waals surface area contributed by atoms with E-state index in [0.717, 1.165) is 5.32 Å². The number of unbranched alkanes of at least 4 members (excludes halogenated alkanes) is 1. The first kappa shape index (κ1) is 28.1. The van der Waals surface area contributed by atoms with Crippen LogP contribution in [0.2, 0.25) is 0 Å². The molecule has 2 N–H and O–H groups in total. The van der Waals surface area contributed by atoms with Crippen molar-refractivity contribution in [2.24, 2.45) is 0 Å². The van der Waals surface area contributed by atoms with Crippen molar-refractivity contribution in [1.29, 1.82) is 0 Å². The van der Waals surface area contributed by atoms with Crippen LogP contribution in [0.4, 0.5) is 35.1 Å². The van der Waals surface area contributed by atoms with Crippen molar-refractivity contribution in [2.45, 2.75) is 50.0 Å². The van der Waals surface area contributed by atoms with E-state index in [-0.39, 0.29) is 42.4 Å². The van der Waals surface area contributed by atoms with Gasteiger partial charge < -0.3 is 20.5 Å². The van der Waals surface area contributed by atoms with Gasteiger partial charge in [0.25, 0.3) is 11.8 Å². The minimum absolute atomic E-state index is 0. The Labute approximate surface area is 169 Å². The molecule has 15 heteroatoms. The van der Waals surface area contributed by atoms with Crippen LogP contribution in [0.25, 0.3) is 0 Å². The molecule has 0 rings (SSSR count). The Hall–Kier alpha value is -1.15. The van der Waals surface area contributed by atoms with Gasteiger partial charge in [0.1, 0.15) is 0 Å². The molecule has 0 aromatic carbocycles. The van der Waals surface area contributed by atoms with E-state index in [4.69, 9.17) is 0 Å². The molecule has 0 aromatic heterocycles. The van der Waals surface area contributed by atoms with Crippen molar-refractivity contribution >= 4 is 17.8 Å². The molecule has 27 heavy (non-hydrogen) atoms. The van der Waals surface area contributed by atoms with E-state index >= 15 is 0 Å². The zero-order valence-electron chi connectivity index (χ0n) is 13.7. The summed E-state index contributed by atoms with van der Waals surface area (Å²) in [6, 6.07) is -2.09. The van der Waals surface area contributed by atoms with Gasteiger partial charge in [0, 0.05) is 6.54 Å². The van der Waals surface area contributed by atoms with Crippen molar-refractivity contribution in [1.82, 2.24) is 10.6 Å². The summed E-state index contributed by atoms with van der Waals surface area (Å²) >= 11 is 0. The molecule has 2 amide bonds. The van der Waals surface area contributed by atoms with Gasteiger partial charge in [-0.15, -0.1) is 0 Å². The van der Waals surface area contributed by atoms with E-state index in [1.165, 1.54) is 5.32 Å². The monoisotopic (exact) mass is 424 g/mol. The van der Waals surface area contributed by atoms with Crippen LogP contribution in [-0.4, -0.2) is 55.1 Å². The number of hydrogen-bond donors (Lipinski definition) is 2. The summed E-state index contributed by atoms with van der Waals surface area (Å²) in [5.74, 6) is -17.0. The van der Waals surface area contributed by atoms with E-state index in [1.54, 1.807) is 0 Å².